The van der Waals surface area contributed by atoms with E-state index in [1.165, 1.54) is 0 Å². The number of hydrogen-bond donors (Lipinski definition) is 3. The fraction of sp³-hybridized carbons (Fsp3) is 0.545. The summed E-state index contributed by atoms with van der Waals surface area (Å²) in [4.78, 5) is 40.5. The van der Waals surface area contributed by atoms with Crippen LogP contribution < -0.4 is 16.6 Å². The summed E-state index contributed by atoms with van der Waals surface area (Å²) < 4.78 is 0. The van der Waals surface area contributed by atoms with Crippen molar-refractivity contribution in [2.24, 2.45) is 0 Å². The number of aromatic nitrogens is 2. The van der Waals surface area contributed by atoms with Gasteiger partial charge in [-0.1, -0.05) is 0 Å². The zero-order chi connectivity index (χ0) is 13.3. The molecule has 0 bridgehead atoms. The first-order chi connectivity index (χ1) is 8.45. The van der Waals surface area contributed by atoms with E-state index in [2.05, 4.69) is 10.3 Å². The molecule has 1 aromatic heterocycles. The van der Waals surface area contributed by atoms with Crippen LogP contribution in [0.15, 0.2) is 15.7 Å². The van der Waals surface area contributed by atoms with Gasteiger partial charge in [-0.3, -0.25) is 14.6 Å². The molecule has 0 saturated carbocycles. The van der Waals surface area contributed by atoms with Crippen LogP contribution in [0.1, 0.15) is 24.3 Å². The number of rotatable bonds is 1. The molecular formula is C11H16N4O3. The second-order valence-corrected chi connectivity index (χ2v) is 4.68. The van der Waals surface area contributed by atoms with Crippen LogP contribution in [0.25, 0.3) is 0 Å². The van der Waals surface area contributed by atoms with E-state index in [0.29, 0.717) is 13.1 Å². The van der Waals surface area contributed by atoms with Gasteiger partial charge in [0, 0.05) is 31.2 Å². The number of carbonyl (C=O) groups excluding carboxylic acids is 1. The molecule has 7 heteroatoms. The molecule has 1 aromatic rings. The number of aromatic amines is 2. The number of hydrogen-bond acceptors (Lipinski definition) is 4. The first-order valence-corrected chi connectivity index (χ1v) is 5.84. The van der Waals surface area contributed by atoms with Crippen LogP contribution in [-0.2, 0) is 0 Å². The van der Waals surface area contributed by atoms with Gasteiger partial charge in [0.1, 0.15) is 5.69 Å². The van der Waals surface area contributed by atoms with Crippen molar-refractivity contribution in [3.05, 3.63) is 32.6 Å². The smallest absolute Gasteiger partial charge is 0.326 e. The summed E-state index contributed by atoms with van der Waals surface area (Å²) in [5.74, 6) is -0.321. The summed E-state index contributed by atoms with van der Waals surface area (Å²) in [5, 5.41) is 3.30. The van der Waals surface area contributed by atoms with E-state index in [4.69, 9.17) is 0 Å². The average Bonchev–Trinajstić information content (AvgIpc) is 2.25. The van der Waals surface area contributed by atoms with Crippen molar-refractivity contribution in [3.8, 4) is 0 Å². The summed E-state index contributed by atoms with van der Waals surface area (Å²) in [6.45, 7) is 5.07. The lowest BCUT2D eigenvalue weighted by Crippen LogP contribution is -2.56. The maximum atomic E-state index is 12.2. The van der Waals surface area contributed by atoms with E-state index in [1.807, 2.05) is 18.8 Å². The predicted molar refractivity (Wildman–Crippen MR) is 65.6 cm³/mol. The number of H-pyrrole nitrogens is 2. The SMILES string of the molecule is CC1CN(C(=O)c2cc(=O)[nH]c(=O)[nH]2)CC(C)N1. The number of piperazine rings is 1. The van der Waals surface area contributed by atoms with Crippen molar-refractivity contribution in [1.82, 2.24) is 20.2 Å². The van der Waals surface area contributed by atoms with E-state index in [1.54, 1.807) is 4.90 Å². The Morgan fingerprint density at radius 2 is 1.83 bits per heavy atom. The molecule has 0 spiro atoms. The average molecular weight is 252 g/mol. The van der Waals surface area contributed by atoms with Gasteiger partial charge in [-0.15, -0.1) is 0 Å². The Hall–Kier alpha value is -1.89. The molecule has 7 nitrogen and oxygen atoms in total. The topological polar surface area (TPSA) is 98.1 Å². The molecular weight excluding hydrogens is 236 g/mol. The fourth-order valence-electron chi connectivity index (χ4n) is 2.25. The van der Waals surface area contributed by atoms with Gasteiger partial charge in [0.25, 0.3) is 11.5 Å². The predicted octanol–water partition coefficient (Wildman–Crippen LogP) is -1.11. The first kappa shape index (κ1) is 12.6. The van der Waals surface area contributed by atoms with Crippen LogP contribution in [0.4, 0.5) is 0 Å². The lowest BCUT2D eigenvalue weighted by Gasteiger charge is -2.36. The standard InChI is InChI=1S/C11H16N4O3/c1-6-4-15(5-7(2)12-6)10(17)8-3-9(16)14-11(18)13-8/h3,6-7,12H,4-5H2,1-2H3,(H2,13,14,16,18). The molecule has 2 atom stereocenters. The maximum Gasteiger partial charge on any atom is 0.326 e. The minimum atomic E-state index is -0.665. The highest BCUT2D eigenvalue weighted by Crippen LogP contribution is 2.07. The number of nitrogens with zero attached hydrogens (tertiary/aromatic N) is 1. The van der Waals surface area contributed by atoms with Gasteiger partial charge < -0.3 is 15.2 Å². The molecule has 3 N–H and O–H groups in total. The summed E-state index contributed by atoms with van der Waals surface area (Å²) in [7, 11) is 0. The highest BCUT2D eigenvalue weighted by atomic mass is 16.2. The summed E-state index contributed by atoms with van der Waals surface area (Å²) in [6, 6.07) is 1.49. The van der Waals surface area contributed by atoms with E-state index in [-0.39, 0.29) is 23.7 Å². The van der Waals surface area contributed by atoms with Gasteiger partial charge in [0.15, 0.2) is 0 Å². The molecule has 1 fully saturated rings. The Morgan fingerprint density at radius 1 is 1.22 bits per heavy atom. The van der Waals surface area contributed by atoms with Gasteiger partial charge in [-0.25, -0.2) is 4.79 Å². The molecule has 2 rings (SSSR count). The van der Waals surface area contributed by atoms with Gasteiger partial charge in [-0.05, 0) is 13.8 Å². The summed E-state index contributed by atoms with van der Waals surface area (Å²) >= 11 is 0. The van der Waals surface area contributed by atoms with Crippen molar-refractivity contribution < 1.29 is 4.79 Å². The van der Waals surface area contributed by atoms with Crippen LogP contribution in [0.5, 0.6) is 0 Å². The van der Waals surface area contributed by atoms with Crippen LogP contribution >= 0.6 is 0 Å². The lowest BCUT2D eigenvalue weighted by molar-refractivity contribution is 0.0667. The summed E-state index contributed by atoms with van der Waals surface area (Å²) in [6.07, 6.45) is 0. The molecule has 2 unspecified atom stereocenters. The van der Waals surface area contributed by atoms with Crippen LogP contribution in [0, 0.1) is 0 Å². The minimum Gasteiger partial charge on any atom is -0.334 e. The normalized spacial score (nSPS) is 24.0. The molecule has 1 amide bonds. The molecule has 0 aliphatic carbocycles. The van der Waals surface area contributed by atoms with Crippen molar-refractivity contribution in [2.75, 3.05) is 13.1 Å². The molecule has 98 valence electrons. The largest absolute Gasteiger partial charge is 0.334 e. The van der Waals surface area contributed by atoms with E-state index >= 15 is 0 Å². The maximum absolute atomic E-state index is 12.2. The zero-order valence-electron chi connectivity index (χ0n) is 10.3. The second kappa shape index (κ2) is 4.77. The number of amides is 1. The van der Waals surface area contributed by atoms with Crippen LogP contribution in [0.2, 0.25) is 0 Å². The Bertz CT molecular complexity index is 524. The molecule has 2 heterocycles. The van der Waals surface area contributed by atoms with E-state index < -0.39 is 11.2 Å². The van der Waals surface area contributed by atoms with Crippen LogP contribution in [0.3, 0.4) is 0 Å². The molecule has 1 saturated heterocycles. The van der Waals surface area contributed by atoms with Crippen molar-refractivity contribution in [2.45, 2.75) is 25.9 Å². The quantitative estimate of drug-likeness (QED) is 0.590. The van der Waals surface area contributed by atoms with Gasteiger partial charge >= 0.3 is 5.69 Å². The third-order valence-electron chi connectivity index (χ3n) is 2.84. The Kier molecular flexibility index (Phi) is 3.33. The van der Waals surface area contributed by atoms with Gasteiger partial charge in [0.2, 0.25) is 0 Å². The molecule has 18 heavy (non-hydrogen) atoms. The highest BCUT2D eigenvalue weighted by Gasteiger charge is 2.26. The Balaban J connectivity index is 2.25. The van der Waals surface area contributed by atoms with E-state index in [9.17, 15) is 14.4 Å². The zero-order valence-corrected chi connectivity index (χ0v) is 10.3. The minimum absolute atomic E-state index is 0.0325. The Labute approximate surface area is 103 Å². The highest BCUT2D eigenvalue weighted by molar-refractivity contribution is 5.92. The van der Waals surface area contributed by atoms with Gasteiger partial charge in [-0.2, -0.15) is 0 Å². The lowest BCUT2D eigenvalue weighted by atomic mass is 10.1. The molecule has 1 aliphatic rings. The third-order valence-corrected chi connectivity index (χ3v) is 2.84. The van der Waals surface area contributed by atoms with Crippen molar-refractivity contribution in [1.29, 1.82) is 0 Å². The summed E-state index contributed by atoms with van der Waals surface area (Å²) in [5.41, 5.74) is -1.20. The van der Waals surface area contributed by atoms with Crippen molar-refractivity contribution >= 4 is 5.91 Å². The fourth-order valence-corrected chi connectivity index (χ4v) is 2.25. The van der Waals surface area contributed by atoms with Crippen LogP contribution in [-0.4, -0.2) is 45.9 Å². The molecule has 0 aromatic carbocycles. The molecule has 0 radical (unpaired) electrons. The number of carbonyl (C=O) groups is 1. The molecule has 1 aliphatic heterocycles. The number of nitrogens with one attached hydrogen (secondary N) is 3. The first-order valence-electron chi connectivity index (χ1n) is 5.84. The Morgan fingerprint density at radius 3 is 2.39 bits per heavy atom. The van der Waals surface area contributed by atoms with Gasteiger partial charge in [0.05, 0.1) is 0 Å². The van der Waals surface area contributed by atoms with E-state index in [0.717, 1.165) is 6.07 Å². The third kappa shape index (κ3) is 2.67. The monoisotopic (exact) mass is 252 g/mol. The second-order valence-electron chi connectivity index (χ2n) is 4.68. The van der Waals surface area contributed by atoms with Crippen molar-refractivity contribution in [3.63, 3.8) is 0 Å².